The lowest BCUT2D eigenvalue weighted by atomic mass is 10.0. The highest BCUT2D eigenvalue weighted by atomic mass is 16.3. The number of likely N-dealkylation sites (tertiary alicyclic amines) is 1. The van der Waals surface area contributed by atoms with Crippen molar-refractivity contribution in [3.63, 3.8) is 0 Å². The van der Waals surface area contributed by atoms with Crippen LogP contribution in [0, 0.1) is 5.92 Å². The lowest BCUT2D eigenvalue weighted by molar-refractivity contribution is -0.132. The molecule has 1 fully saturated rings. The molecule has 0 spiro atoms. The molecule has 15 heavy (non-hydrogen) atoms. The van der Waals surface area contributed by atoms with E-state index in [0.29, 0.717) is 18.8 Å². The van der Waals surface area contributed by atoms with Gasteiger partial charge in [0.1, 0.15) is 5.76 Å². The zero-order valence-corrected chi connectivity index (χ0v) is 8.30. The van der Waals surface area contributed by atoms with E-state index in [1.807, 2.05) is 0 Å². The van der Waals surface area contributed by atoms with Crippen LogP contribution in [0.4, 0.5) is 0 Å². The van der Waals surface area contributed by atoms with E-state index in [-0.39, 0.29) is 18.4 Å². The van der Waals surface area contributed by atoms with Gasteiger partial charge in [-0.2, -0.15) is 0 Å². The van der Waals surface area contributed by atoms with Crippen molar-refractivity contribution in [3.8, 4) is 0 Å². The molecule has 0 aromatic carbocycles. The van der Waals surface area contributed by atoms with Crippen LogP contribution in [0.1, 0.15) is 5.76 Å². The van der Waals surface area contributed by atoms with E-state index >= 15 is 0 Å². The van der Waals surface area contributed by atoms with Crippen molar-refractivity contribution >= 4 is 12.0 Å². The third kappa shape index (κ3) is 2.27. The first-order chi connectivity index (χ1) is 7.29. The molecule has 0 aliphatic carbocycles. The highest BCUT2D eigenvalue weighted by Crippen LogP contribution is 2.15. The summed E-state index contributed by atoms with van der Waals surface area (Å²) in [5, 5.41) is 8.79. The van der Waals surface area contributed by atoms with Gasteiger partial charge in [0.15, 0.2) is 0 Å². The number of carbonyl (C=O) groups is 1. The standard InChI is InChI=1S/C11H13NO3/c13-8-9-6-12(7-9)11(14)4-3-10-2-1-5-15-10/h1-5,9,13H,6-8H2/b4-3+. The molecule has 0 radical (unpaired) electrons. The normalized spacial score (nSPS) is 17.0. The average molecular weight is 207 g/mol. The fourth-order valence-corrected chi connectivity index (χ4v) is 1.51. The summed E-state index contributed by atoms with van der Waals surface area (Å²) >= 11 is 0. The molecule has 0 saturated carbocycles. The van der Waals surface area contributed by atoms with Gasteiger partial charge in [-0.1, -0.05) is 0 Å². The minimum Gasteiger partial charge on any atom is -0.465 e. The van der Waals surface area contributed by atoms with Crippen molar-refractivity contribution in [1.29, 1.82) is 0 Å². The number of carbonyl (C=O) groups excluding carboxylic acids is 1. The maximum Gasteiger partial charge on any atom is 0.246 e. The summed E-state index contributed by atoms with van der Waals surface area (Å²) in [7, 11) is 0. The van der Waals surface area contributed by atoms with E-state index in [9.17, 15) is 4.79 Å². The van der Waals surface area contributed by atoms with Crippen LogP contribution >= 0.6 is 0 Å². The van der Waals surface area contributed by atoms with Gasteiger partial charge in [0.25, 0.3) is 0 Å². The van der Waals surface area contributed by atoms with E-state index in [4.69, 9.17) is 9.52 Å². The second-order valence-corrected chi connectivity index (χ2v) is 3.64. The van der Waals surface area contributed by atoms with Crippen molar-refractivity contribution in [3.05, 3.63) is 30.2 Å². The van der Waals surface area contributed by atoms with Crippen LogP contribution in [-0.2, 0) is 4.79 Å². The van der Waals surface area contributed by atoms with Gasteiger partial charge in [-0.15, -0.1) is 0 Å². The third-order valence-electron chi connectivity index (χ3n) is 2.46. The molecular formula is C11H13NO3. The molecule has 80 valence electrons. The van der Waals surface area contributed by atoms with Crippen LogP contribution in [0.15, 0.2) is 28.9 Å². The summed E-state index contributed by atoms with van der Waals surface area (Å²) in [5.41, 5.74) is 0. The summed E-state index contributed by atoms with van der Waals surface area (Å²) in [6.45, 7) is 1.46. The van der Waals surface area contributed by atoms with E-state index in [1.165, 1.54) is 6.08 Å². The maximum absolute atomic E-state index is 11.5. The second-order valence-electron chi connectivity index (χ2n) is 3.64. The van der Waals surface area contributed by atoms with Crippen LogP contribution in [0.5, 0.6) is 0 Å². The van der Waals surface area contributed by atoms with E-state index in [2.05, 4.69) is 0 Å². The second kappa shape index (κ2) is 4.31. The van der Waals surface area contributed by atoms with Gasteiger partial charge < -0.3 is 14.4 Å². The van der Waals surface area contributed by atoms with Crippen LogP contribution < -0.4 is 0 Å². The van der Waals surface area contributed by atoms with Crippen LogP contribution in [0.3, 0.4) is 0 Å². The summed E-state index contributed by atoms with van der Waals surface area (Å²) in [6.07, 6.45) is 4.70. The number of aliphatic hydroxyl groups excluding tert-OH is 1. The van der Waals surface area contributed by atoms with E-state index in [0.717, 1.165) is 0 Å². The van der Waals surface area contributed by atoms with Crippen molar-refractivity contribution in [2.75, 3.05) is 19.7 Å². The smallest absolute Gasteiger partial charge is 0.246 e. The monoisotopic (exact) mass is 207 g/mol. The lowest BCUT2D eigenvalue weighted by Gasteiger charge is -2.37. The van der Waals surface area contributed by atoms with Gasteiger partial charge in [-0.05, 0) is 18.2 Å². The van der Waals surface area contributed by atoms with Gasteiger partial charge in [0, 0.05) is 31.7 Å². The molecule has 1 aliphatic heterocycles. The van der Waals surface area contributed by atoms with Crippen molar-refractivity contribution < 1.29 is 14.3 Å². The Morgan fingerprint density at radius 3 is 3.07 bits per heavy atom. The molecule has 1 aromatic rings. The Hall–Kier alpha value is -1.55. The fourth-order valence-electron chi connectivity index (χ4n) is 1.51. The predicted octanol–water partition coefficient (Wildman–Crippen LogP) is 0.744. The van der Waals surface area contributed by atoms with Gasteiger partial charge in [-0.25, -0.2) is 0 Å². The predicted molar refractivity (Wildman–Crippen MR) is 54.9 cm³/mol. The van der Waals surface area contributed by atoms with Crippen molar-refractivity contribution in [2.45, 2.75) is 0 Å². The Kier molecular flexibility index (Phi) is 2.87. The highest BCUT2D eigenvalue weighted by molar-refractivity contribution is 5.91. The molecule has 1 saturated heterocycles. The van der Waals surface area contributed by atoms with Gasteiger partial charge in [0.05, 0.1) is 6.26 Å². The first-order valence-electron chi connectivity index (χ1n) is 4.91. The highest BCUT2D eigenvalue weighted by Gasteiger charge is 2.28. The number of aliphatic hydroxyl groups is 1. The molecule has 1 amide bonds. The van der Waals surface area contributed by atoms with Crippen molar-refractivity contribution in [1.82, 2.24) is 4.90 Å². The van der Waals surface area contributed by atoms with Gasteiger partial charge >= 0.3 is 0 Å². The number of hydrogen-bond donors (Lipinski definition) is 1. The number of furan rings is 1. The summed E-state index contributed by atoms with van der Waals surface area (Å²) in [4.78, 5) is 13.2. The number of hydrogen-bond acceptors (Lipinski definition) is 3. The largest absolute Gasteiger partial charge is 0.465 e. The molecule has 2 heterocycles. The molecule has 4 heteroatoms. The number of rotatable bonds is 3. The topological polar surface area (TPSA) is 53.7 Å². The molecule has 1 aromatic heterocycles. The Labute approximate surface area is 87.8 Å². The number of nitrogens with zero attached hydrogens (tertiary/aromatic N) is 1. The molecule has 0 bridgehead atoms. The Balaban J connectivity index is 1.83. The fraction of sp³-hybridized carbons (Fsp3) is 0.364. The van der Waals surface area contributed by atoms with Crippen molar-refractivity contribution in [2.24, 2.45) is 5.92 Å². The Morgan fingerprint density at radius 2 is 2.47 bits per heavy atom. The molecule has 0 atom stereocenters. The zero-order valence-electron chi connectivity index (χ0n) is 8.30. The van der Waals surface area contributed by atoms with Crippen LogP contribution in [0.2, 0.25) is 0 Å². The maximum atomic E-state index is 11.5. The first-order valence-corrected chi connectivity index (χ1v) is 4.91. The molecule has 4 nitrogen and oxygen atoms in total. The average Bonchev–Trinajstić information content (AvgIpc) is 2.65. The van der Waals surface area contributed by atoms with E-state index < -0.39 is 0 Å². The minimum atomic E-state index is -0.0314. The quantitative estimate of drug-likeness (QED) is 0.744. The SMILES string of the molecule is O=C(/C=C/c1ccco1)N1CC(CO)C1. The summed E-state index contributed by atoms with van der Waals surface area (Å²) < 4.78 is 5.06. The zero-order chi connectivity index (χ0) is 10.7. The summed E-state index contributed by atoms with van der Waals surface area (Å²) in [6, 6.07) is 3.56. The molecule has 1 aliphatic rings. The third-order valence-corrected chi connectivity index (χ3v) is 2.46. The van der Waals surface area contributed by atoms with Gasteiger partial charge in [-0.3, -0.25) is 4.79 Å². The molecule has 2 rings (SSSR count). The lowest BCUT2D eigenvalue weighted by Crippen LogP contribution is -2.50. The minimum absolute atomic E-state index is 0.0314. The molecule has 0 unspecified atom stereocenters. The Morgan fingerprint density at radius 1 is 1.67 bits per heavy atom. The van der Waals surface area contributed by atoms with Crippen LogP contribution in [-0.4, -0.2) is 35.6 Å². The molecular weight excluding hydrogens is 194 g/mol. The summed E-state index contributed by atoms with van der Waals surface area (Å²) in [5.74, 6) is 0.893. The number of amides is 1. The Bertz CT molecular complexity index is 350. The molecule has 1 N–H and O–H groups in total. The van der Waals surface area contributed by atoms with E-state index in [1.54, 1.807) is 29.4 Å². The van der Waals surface area contributed by atoms with Gasteiger partial charge in [0.2, 0.25) is 5.91 Å². The van der Waals surface area contributed by atoms with Crippen LogP contribution in [0.25, 0.3) is 6.08 Å². The first kappa shape index (κ1) is 9.98.